The number of hydrogen-bond donors (Lipinski definition) is 3. The largest absolute Gasteiger partial charge is 0.491 e. The van der Waals surface area contributed by atoms with E-state index in [-0.39, 0.29) is 23.6 Å². The first kappa shape index (κ1) is 26.3. The normalized spacial score (nSPS) is 11.6. The summed E-state index contributed by atoms with van der Waals surface area (Å²) >= 11 is 0. The lowest BCUT2D eigenvalue weighted by molar-refractivity contribution is -0.139. The zero-order chi connectivity index (χ0) is 27.1. The third kappa shape index (κ3) is 5.96. The zero-order valence-corrected chi connectivity index (χ0v) is 20.3. The average Bonchev–Trinajstić information content (AvgIpc) is 2.92. The molecule has 8 nitrogen and oxygen atoms in total. The standard InChI is InChI=1S/C29H26FN3O5/c30-21-13-11-20(12-14-21)27(35)22-15-16-25(34)33(28(22)31)23-9-4-5-10-24(23)38-18-6-17-32-26(29(36)37)19-7-2-1-3-8-19/h1-5,7-16,26,32H,6,17-18,31H2,(H,36,37)/t26-/m0/s1. The lowest BCUT2D eigenvalue weighted by Crippen LogP contribution is -2.30. The molecular weight excluding hydrogens is 489 g/mol. The van der Waals surface area contributed by atoms with E-state index in [9.17, 15) is 23.9 Å². The lowest BCUT2D eigenvalue weighted by Gasteiger charge is -2.17. The van der Waals surface area contributed by atoms with Crippen molar-refractivity contribution in [2.24, 2.45) is 0 Å². The van der Waals surface area contributed by atoms with E-state index in [1.807, 2.05) is 6.07 Å². The van der Waals surface area contributed by atoms with Gasteiger partial charge in [-0.05, 0) is 61.0 Å². The van der Waals surface area contributed by atoms with Gasteiger partial charge in [0.2, 0.25) is 0 Å². The number of nitrogens with zero attached hydrogens (tertiary/aromatic N) is 1. The highest BCUT2D eigenvalue weighted by molar-refractivity contribution is 6.11. The maximum Gasteiger partial charge on any atom is 0.325 e. The van der Waals surface area contributed by atoms with Crippen LogP contribution >= 0.6 is 0 Å². The molecule has 0 aliphatic carbocycles. The third-order valence-corrected chi connectivity index (χ3v) is 5.89. The van der Waals surface area contributed by atoms with E-state index in [4.69, 9.17) is 10.5 Å². The summed E-state index contributed by atoms with van der Waals surface area (Å²) in [6.07, 6.45) is 0.485. The van der Waals surface area contributed by atoms with Crippen LogP contribution in [0.4, 0.5) is 10.2 Å². The number of carboxylic acid groups (broad SMARTS) is 1. The molecule has 4 rings (SSSR count). The predicted octanol–water partition coefficient (Wildman–Crippen LogP) is 3.97. The Labute approximate surface area is 218 Å². The summed E-state index contributed by atoms with van der Waals surface area (Å²) in [6, 6.07) is 22.4. The van der Waals surface area contributed by atoms with Crippen molar-refractivity contribution in [3.63, 3.8) is 0 Å². The Morgan fingerprint density at radius 2 is 1.63 bits per heavy atom. The maximum absolute atomic E-state index is 13.3. The number of ether oxygens (including phenoxy) is 1. The molecule has 1 atom stereocenters. The molecular formula is C29H26FN3O5. The molecule has 4 N–H and O–H groups in total. The molecule has 0 unspecified atom stereocenters. The van der Waals surface area contributed by atoms with Gasteiger partial charge in [0.1, 0.15) is 23.4 Å². The predicted molar refractivity (Wildman–Crippen MR) is 141 cm³/mol. The van der Waals surface area contributed by atoms with Gasteiger partial charge in [0, 0.05) is 11.6 Å². The van der Waals surface area contributed by atoms with Crippen molar-refractivity contribution < 1.29 is 23.8 Å². The van der Waals surface area contributed by atoms with E-state index >= 15 is 0 Å². The molecule has 4 aromatic rings. The number of nitrogens with two attached hydrogens (primary N) is 1. The van der Waals surface area contributed by atoms with Gasteiger partial charge in [-0.15, -0.1) is 0 Å². The van der Waals surface area contributed by atoms with Gasteiger partial charge in [0.25, 0.3) is 5.56 Å². The minimum absolute atomic E-state index is 0.0725. The van der Waals surface area contributed by atoms with Gasteiger partial charge in [-0.1, -0.05) is 42.5 Å². The number of rotatable bonds is 11. The number of nitrogen functional groups attached to an aromatic ring is 1. The number of carboxylic acids is 1. The summed E-state index contributed by atoms with van der Waals surface area (Å²) in [7, 11) is 0. The monoisotopic (exact) mass is 515 g/mol. The molecule has 0 spiro atoms. The lowest BCUT2D eigenvalue weighted by atomic mass is 10.0. The number of pyridine rings is 1. The Hall–Kier alpha value is -4.76. The minimum Gasteiger partial charge on any atom is -0.491 e. The first-order chi connectivity index (χ1) is 18.4. The molecule has 0 bridgehead atoms. The quantitative estimate of drug-likeness (QED) is 0.204. The van der Waals surface area contributed by atoms with Gasteiger partial charge >= 0.3 is 5.97 Å². The van der Waals surface area contributed by atoms with Gasteiger partial charge < -0.3 is 20.9 Å². The number of para-hydroxylation sites is 2. The van der Waals surface area contributed by atoms with Gasteiger partial charge in [0.05, 0.1) is 17.9 Å². The van der Waals surface area contributed by atoms with Crippen LogP contribution in [0.3, 0.4) is 0 Å². The van der Waals surface area contributed by atoms with Crippen LogP contribution in [0, 0.1) is 5.82 Å². The third-order valence-electron chi connectivity index (χ3n) is 5.89. The molecule has 0 radical (unpaired) electrons. The number of aromatic nitrogens is 1. The highest BCUT2D eigenvalue weighted by Gasteiger charge is 2.20. The van der Waals surface area contributed by atoms with Crippen LogP contribution < -0.4 is 21.3 Å². The Balaban J connectivity index is 1.49. The summed E-state index contributed by atoms with van der Waals surface area (Å²) < 4.78 is 20.4. The van der Waals surface area contributed by atoms with E-state index in [0.717, 1.165) is 0 Å². The Kier molecular flexibility index (Phi) is 8.30. The number of benzene rings is 3. The fraction of sp³-hybridized carbons (Fsp3) is 0.138. The van der Waals surface area contributed by atoms with E-state index in [2.05, 4.69) is 5.32 Å². The number of carbonyl (C=O) groups excluding carboxylic acids is 1. The molecule has 38 heavy (non-hydrogen) atoms. The molecule has 194 valence electrons. The van der Waals surface area contributed by atoms with E-state index < -0.39 is 29.2 Å². The van der Waals surface area contributed by atoms with Crippen LogP contribution in [0.2, 0.25) is 0 Å². The summed E-state index contributed by atoms with van der Waals surface area (Å²) in [5, 5.41) is 12.6. The second-order valence-corrected chi connectivity index (χ2v) is 8.45. The van der Waals surface area contributed by atoms with Crippen LogP contribution in [0.1, 0.15) is 33.9 Å². The second kappa shape index (κ2) is 12.0. The Bertz CT molecular complexity index is 1490. The van der Waals surface area contributed by atoms with Gasteiger partial charge in [-0.3, -0.25) is 19.0 Å². The van der Waals surface area contributed by atoms with Crippen LogP contribution in [-0.4, -0.2) is 34.6 Å². The summed E-state index contributed by atoms with van der Waals surface area (Å²) in [5.74, 6) is -1.61. The Morgan fingerprint density at radius 1 is 0.947 bits per heavy atom. The first-order valence-electron chi connectivity index (χ1n) is 11.9. The molecule has 1 aromatic heterocycles. The number of carbonyl (C=O) groups is 2. The van der Waals surface area contributed by atoms with Crippen molar-refractivity contribution in [2.45, 2.75) is 12.5 Å². The highest BCUT2D eigenvalue weighted by Crippen LogP contribution is 2.26. The van der Waals surface area contributed by atoms with Gasteiger partial charge in [0.15, 0.2) is 5.78 Å². The van der Waals surface area contributed by atoms with E-state index in [1.165, 1.54) is 41.0 Å². The van der Waals surface area contributed by atoms with Crippen molar-refractivity contribution in [3.8, 4) is 11.4 Å². The van der Waals surface area contributed by atoms with Crippen molar-refractivity contribution >= 4 is 17.6 Å². The fourth-order valence-corrected chi connectivity index (χ4v) is 4.01. The second-order valence-electron chi connectivity index (χ2n) is 8.45. The van der Waals surface area contributed by atoms with Crippen molar-refractivity contribution in [3.05, 3.63) is 124 Å². The summed E-state index contributed by atoms with van der Waals surface area (Å²) in [4.78, 5) is 37.5. The molecule has 0 fully saturated rings. The maximum atomic E-state index is 13.3. The number of aliphatic carboxylic acids is 1. The summed E-state index contributed by atoms with van der Waals surface area (Å²) in [6.45, 7) is 0.603. The molecule has 1 heterocycles. The highest BCUT2D eigenvalue weighted by atomic mass is 19.1. The van der Waals surface area contributed by atoms with Gasteiger partial charge in [-0.25, -0.2) is 4.39 Å². The van der Waals surface area contributed by atoms with E-state index in [0.29, 0.717) is 30.0 Å². The van der Waals surface area contributed by atoms with Crippen molar-refractivity contribution in [1.82, 2.24) is 9.88 Å². The fourth-order valence-electron chi connectivity index (χ4n) is 4.01. The SMILES string of the molecule is Nc1c(C(=O)c2ccc(F)cc2)ccc(=O)n1-c1ccccc1OCCCN[C@H](C(=O)O)c1ccccc1. The first-order valence-corrected chi connectivity index (χ1v) is 11.9. The van der Waals surface area contributed by atoms with Crippen molar-refractivity contribution in [1.29, 1.82) is 0 Å². The number of ketones is 1. The summed E-state index contributed by atoms with van der Waals surface area (Å²) in [5.41, 5.74) is 7.16. The molecule has 9 heteroatoms. The molecule has 0 saturated carbocycles. The van der Waals surface area contributed by atoms with Crippen LogP contribution in [-0.2, 0) is 4.79 Å². The van der Waals surface area contributed by atoms with Crippen LogP contribution in [0.15, 0.2) is 95.8 Å². The topological polar surface area (TPSA) is 124 Å². The minimum atomic E-state index is -0.979. The number of anilines is 1. The number of hydrogen-bond acceptors (Lipinski definition) is 6. The van der Waals surface area contributed by atoms with Crippen LogP contribution in [0.5, 0.6) is 5.75 Å². The van der Waals surface area contributed by atoms with Crippen molar-refractivity contribution in [2.75, 3.05) is 18.9 Å². The molecule has 3 aromatic carbocycles. The number of halogens is 1. The molecule has 0 aliphatic heterocycles. The molecule has 0 amide bonds. The molecule has 0 aliphatic rings. The average molecular weight is 516 g/mol. The van der Waals surface area contributed by atoms with Crippen LogP contribution in [0.25, 0.3) is 5.69 Å². The smallest absolute Gasteiger partial charge is 0.325 e. The molecule has 0 saturated heterocycles. The zero-order valence-electron chi connectivity index (χ0n) is 20.3. The van der Waals surface area contributed by atoms with Gasteiger partial charge in [-0.2, -0.15) is 0 Å². The number of nitrogens with one attached hydrogen (secondary N) is 1. The Morgan fingerprint density at radius 3 is 2.34 bits per heavy atom. The van der Waals surface area contributed by atoms with E-state index in [1.54, 1.807) is 48.5 Å².